The van der Waals surface area contributed by atoms with Gasteiger partial charge in [0.1, 0.15) is 18.2 Å². The topological polar surface area (TPSA) is 61.4 Å². The minimum Gasteiger partial charge on any atom is -0.489 e. The van der Waals surface area contributed by atoms with E-state index in [1.165, 1.54) is 11.1 Å². The summed E-state index contributed by atoms with van der Waals surface area (Å²) in [6.45, 7) is 4.47. The van der Waals surface area contributed by atoms with Crippen LogP contribution in [0.5, 0.6) is 5.75 Å². The van der Waals surface area contributed by atoms with Gasteiger partial charge in [0.2, 0.25) is 0 Å². The van der Waals surface area contributed by atoms with Crippen molar-refractivity contribution in [1.82, 2.24) is 14.2 Å². The quantitative estimate of drug-likeness (QED) is 0.161. The lowest BCUT2D eigenvalue weighted by molar-refractivity contribution is 0.306. The molecule has 3 aromatic carbocycles. The standard InChI is InChI=1S/C34H31BrCl2N4O2/c1-21-16-25(22(2)40(21)28-11-13-29(14-12-28)43-20-24-8-10-27(36)18-31(24)37)19-38-41-33(23-6-4-3-5-7-23)39-32-15-9-26(35)17-30(32)34(41)42/h8-19,23H,3-7,20H2,1-2H3. The molecular weight excluding hydrogens is 647 g/mol. The van der Waals surface area contributed by atoms with E-state index < -0.39 is 0 Å². The van der Waals surface area contributed by atoms with Crippen LogP contribution in [0.1, 0.15) is 66.4 Å². The molecule has 0 amide bonds. The van der Waals surface area contributed by atoms with Crippen molar-refractivity contribution < 1.29 is 4.74 Å². The number of benzene rings is 3. The summed E-state index contributed by atoms with van der Waals surface area (Å²) in [5, 5.41) is 6.50. The van der Waals surface area contributed by atoms with Crippen LogP contribution in [0.15, 0.2) is 81.1 Å². The average molecular weight is 678 g/mol. The van der Waals surface area contributed by atoms with E-state index >= 15 is 0 Å². The Balaban J connectivity index is 1.28. The highest BCUT2D eigenvalue weighted by Gasteiger charge is 2.23. The number of nitrogens with zero attached hydrogens (tertiary/aromatic N) is 4. The molecule has 0 aliphatic heterocycles. The molecule has 0 radical (unpaired) electrons. The first-order valence-electron chi connectivity index (χ1n) is 14.4. The normalized spacial score (nSPS) is 14.2. The lowest BCUT2D eigenvalue weighted by atomic mass is 9.88. The van der Waals surface area contributed by atoms with Gasteiger partial charge in [0.05, 0.1) is 17.1 Å². The van der Waals surface area contributed by atoms with Gasteiger partial charge in [-0.1, -0.05) is 64.5 Å². The van der Waals surface area contributed by atoms with Gasteiger partial charge in [0.15, 0.2) is 0 Å². The van der Waals surface area contributed by atoms with Crippen molar-refractivity contribution in [3.63, 3.8) is 0 Å². The van der Waals surface area contributed by atoms with Crippen LogP contribution in [0.25, 0.3) is 16.6 Å². The van der Waals surface area contributed by atoms with Crippen molar-refractivity contribution in [3.05, 3.63) is 120 Å². The molecule has 0 N–H and O–H groups in total. The Kier molecular flexibility index (Phi) is 8.75. The molecule has 6 rings (SSSR count). The summed E-state index contributed by atoms with van der Waals surface area (Å²) < 4.78 is 10.5. The SMILES string of the molecule is Cc1cc(C=Nn2c(C3CCCCC3)nc3ccc(Br)cc3c2=O)c(C)n1-c1ccc(OCc2ccc(Cl)cc2Cl)cc1. The maximum atomic E-state index is 13.7. The molecule has 6 nitrogen and oxygen atoms in total. The van der Waals surface area contributed by atoms with E-state index in [1.807, 2.05) is 48.5 Å². The molecule has 0 unspecified atom stereocenters. The van der Waals surface area contributed by atoms with Crippen LogP contribution in [0.2, 0.25) is 10.0 Å². The molecule has 1 aliphatic rings. The molecule has 0 atom stereocenters. The highest BCUT2D eigenvalue weighted by atomic mass is 79.9. The molecule has 220 valence electrons. The first-order valence-corrected chi connectivity index (χ1v) is 16.0. The number of hydrogen-bond acceptors (Lipinski definition) is 4. The molecule has 1 fully saturated rings. The molecule has 0 saturated heterocycles. The summed E-state index contributed by atoms with van der Waals surface area (Å²) in [4.78, 5) is 18.7. The Morgan fingerprint density at radius 1 is 1.00 bits per heavy atom. The highest BCUT2D eigenvalue weighted by molar-refractivity contribution is 9.10. The molecule has 0 bridgehead atoms. The molecule has 2 aromatic heterocycles. The second-order valence-electron chi connectivity index (χ2n) is 11.0. The predicted octanol–water partition coefficient (Wildman–Crippen LogP) is 9.38. The third-order valence-electron chi connectivity index (χ3n) is 8.09. The largest absolute Gasteiger partial charge is 0.489 e. The van der Waals surface area contributed by atoms with Gasteiger partial charge >= 0.3 is 0 Å². The second kappa shape index (κ2) is 12.7. The van der Waals surface area contributed by atoms with Crippen LogP contribution < -0.4 is 10.3 Å². The van der Waals surface area contributed by atoms with E-state index in [9.17, 15) is 4.79 Å². The zero-order valence-electron chi connectivity index (χ0n) is 24.0. The Labute approximate surface area is 269 Å². The second-order valence-corrected chi connectivity index (χ2v) is 12.8. The lowest BCUT2D eigenvalue weighted by Gasteiger charge is -2.22. The Morgan fingerprint density at radius 2 is 1.77 bits per heavy atom. The molecule has 1 aliphatic carbocycles. The van der Waals surface area contributed by atoms with Gasteiger partial charge in [-0.2, -0.15) is 9.78 Å². The summed E-state index contributed by atoms with van der Waals surface area (Å²) in [6.07, 6.45) is 7.33. The summed E-state index contributed by atoms with van der Waals surface area (Å²) in [5.41, 5.74) is 5.45. The maximum absolute atomic E-state index is 13.7. The Morgan fingerprint density at radius 3 is 2.51 bits per heavy atom. The number of fused-ring (bicyclic) bond motifs is 1. The maximum Gasteiger partial charge on any atom is 0.282 e. The number of halogens is 3. The van der Waals surface area contributed by atoms with Gasteiger partial charge in [-0.25, -0.2) is 4.98 Å². The third kappa shape index (κ3) is 6.30. The lowest BCUT2D eigenvalue weighted by Crippen LogP contribution is -2.25. The molecule has 5 aromatic rings. The van der Waals surface area contributed by atoms with E-state index in [1.54, 1.807) is 18.3 Å². The van der Waals surface area contributed by atoms with E-state index in [2.05, 4.69) is 40.4 Å². The summed E-state index contributed by atoms with van der Waals surface area (Å²) in [5.74, 6) is 1.71. The van der Waals surface area contributed by atoms with Crippen molar-refractivity contribution >= 4 is 56.2 Å². The zero-order chi connectivity index (χ0) is 30.1. The molecular formula is C34H31BrCl2N4O2. The minimum absolute atomic E-state index is 0.146. The van der Waals surface area contributed by atoms with Crippen LogP contribution >= 0.6 is 39.1 Å². The minimum atomic E-state index is -0.146. The van der Waals surface area contributed by atoms with Crippen LogP contribution in [-0.4, -0.2) is 20.4 Å². The fourth-order valence-corrected chi connectivity index (χ4v) is 6.65. The molecule has 0 spiro atoms. The highest BCUT2D eigenvalue weighted by Crippen LogP contribution is 2.32. The van der Waals surface area contributed by atoms with Crippen LogP contribution in [0, 0.1) is 13.8 Å². The van der Waals surface area contributed by atoms with E-state index in [4.69, 9.17) is 38.0 Å². The molecule has 1 saturated carbocycles. The first kappa shape index (κ1) is 29.7. The number of rotatable bonds is 7. The summed E-state index contributed by atoms with van der Waals surface area (Å²) in [6, 6.07) is 21.1. The third-order valence-corrected chi connectivity index (χ3v) is 9.17. The molecule has 43 heavy (non-hydrogen) atoms. The van der Waals surface area contributed by atoms with Crippen LogP contribution in [0.4, 0.5) is 0 Å². The first-order chi connectivity index (χ1) is 20.8. The Hall–Kier alpha value is -3.39. The summed E-state index contributed by atoms with van der Waals surface area (Å²) >= 11 is 15.8. The van der Waals surface area contributed by atoms with Gasteiger partial charge in [-0.15, -0.1) is 0 Å². The van der Waals surface area contributed by atoms with E-state index in [0.29, 0.717) is 27.6 Å². The van der Waals surface area contributed by atoms with Gasteiger partial charge in [0.25, 0.3) is 5.56 Å². The van der Waals surface area contributed by atoms with Gasteiger partial charge in [-0.05, 0) is 87.4 Å². The van der Waals surface area contributed by atoms with Crippen molar-refractivity contribution in [2.24, 2.45) is 5.10 Å². The van der Waals surface area contributed by atoms with Crippen molar-refractivity contribution in [1.29, 1.82) is 0 Å². The van der Waals surface area contributed by atoms with Crippen molar-refractivity contribution in [2.75, 3.05) is 0 Å². The number of aromatic nitrogens is 3. The number of ether oxygens (including phenoxy) is 1. The number of hydrogen-bond donors (Lipinski definition) is 0. The monoisotopic (exact) mass is 676 g/mol. The van der Waals surface area contributed by atoms with Crippen LogP contribution in [-0.2, 0) is 6.61 Å². The fourth-order valence-electron chi connectivity index (χ4n) is 5.83. The van der Waals surface area contributed by atoms with Gasteiger partial charge in [0, 0.05) is 48.6 Å². The predicted molar refractivity (Wildman–Crippen MR) is 179 cm³/mol. The fraction of sp³-hybridized carbons (Fsp3) is 0.265. The smallest absolute Gasteiger partial charge is 0.282 e. The van der Waals surface area contributed by atoms with Crippen molar-refractivity contribution in [2.45, 2.75) is 58.5 Å². The van der Waals surface area contributed by atoms with Crippen LogP contribution in [0.3, 0.4) is 0 Å². The van der Waals surface area contributed by atoms with Crippen molar-refractivity contribution in [3.8, 4) is 11.4 Å². The van der Waals surface area contributed by atoms with Gasteiger partial charge in [-0.3, -0.25) is 4.79 Å². The Bertz CT molecular complexity index is 1890. The van der Waals surface area contributed by atoms with E-state index in [-0.39, 0.29) is 11.5 Å². The van der Waals surface area contributed by atoms with Gasteiger partial charge < -0.3 is 9.30 Å². The molecule has 2 heterocycles. The van der Waals surface area contributed by atoms with E-state index in [0.717, 1.165) is 69.9 Å². The molecule has 9 heteroatoms. The average Bonchev–Trinajstić information content (AvgIpc) is 3.29. The zero-order valence-corrected chi connectivity index (χ0v) is 27.1. The number of aryl methyl sites for hydroxylation is 1. The summed E-state index contributed by atoms with van der Waals surface area (Å²) in [7, 11) is 0.